The largest absolute Gasteiger partial charge is 0.368 e. The minimum absolute atomic E-state index is 0.00604. The molecule has 142 valence electrons. The van der Waals surface area contributed by atoms with E-state index in [0.717, 1.165) is 18.4 Å². The third-order valence-electron chi connectivity index (χ3n) is 5.10. The quantitative estimate of drug-likeness (QED) is 0.796. The Kier molecular flexibility index (Phi) is 5.15. The normalized spacial score (nSPS) is 20.1. The smallest absolute Gasteiger partial charge is 0.253 e. The first kappa shape index (κ1) is 17.7. The van der Waals surface area contributed by atoms with Crippen molar-refractivity contribution in [3.05, 3.63) is 48.0 Å². The standard InChI is InChI=1S/C19H23N5O3/c25-18(16-5-3-15(4-6-16)12-24-14-20-13-21-24)22-7-9-23(10-8-22)19(26)17-2-1-11-27-17/h3-6,13-14,17H,1-2,7-12H2. The van der Waals surface area contributed by atoms with E-state index in [9.17, 15) is 9.59 Å². The van der Waals surface area contributed by atoms with Gasteiger partial charge in [-0.2, -0.15) is 5.10 Å². The fourth-order valence-corrected chi connectivity index (χ4v) is 3.54. The predicted molar refractivity (Wildman–Crippen MR) is 97.0 cm³/mol. The van der Waals surface area contributed by atoms with Crippen LogP contribution in [0, 0.1) is 0 Å². The van der Waals surface area contributed by atoms with Crippen LogP contribution < -0.4 is 0 Å². The highest BCUT2D eigenvalue weighted by Crippen LogP contribution is 2.17. The Morgan fingerprint density at radius 1 is 1.07 bits per heavy atom. The zero-order valence-electron chi connectivity index (χ0n) is 15.2. The Morgan fingerprint density at radius 3 is 2.44 bits per heavy atom. The number of carbonyl (C=O) groups excluding carboxylic acids is 2. The summed E-state index contributed by atoms with van der Waals surface area (Å²) in [5, 5.41) is 4.08. The van der Waals surface area contributed by atoms with E-state index in [-0.39, 0.29) is 17.9 Å². The van der Waals surface area contributed by atoms with Crippen LogP contribution in [0.4, 0.5) is 0 Å². The van der Waals surface area contributed by atoms with Crippen molar-refractivity contribution < 1.29 is 14.3 Å². The van der Waals surface area contributed by atoms with Crippen LogP contribution in [0.2, 0.25) is 0 Å². The summed E-state index contributed by atoms with van der Waals surface area (Å²) in [5.41, 5.74) is 1.72. The summed E-state index contributed by atoms with van der Waals surface area (Å²) in [7, 11) is 0. The minimum atomic E-state index is -0.287. The van der Waals surface area contributed by atoms with Gasteiger partial charge in [-0.05, 0) is 30.5 Å². The second-order valence-electron chi connectivity index (χ2n) is 6.91. The van der Waals surface area contributed by atoms with Crippen molar-refractivity contribution in [2.75, 3.05) is 32.8 Å². The van der Waals surface area contributed by atoms with Crippen molar-refractivity contribution in [1.29, 1.82) is 0 Å². The number of piperazine rings is 1. The van der Waals surface area contributed by atoms with Crippen LogP contribution in [0.25, 0.3) is 0 Å². The maximum Gasteiger partial charge on any atom is 0.253 e. The Balaban J connectivity index is 1.31. The molecule has 8 heteroatoms. The lowest BCUT2D eigenvalue weighted by molar-refractivity contribution is -0.142. The highest BCUT2D eigenvalue weighted by molar-refractivity contribution is 5.94. The first-order chi connectivity index (χ1) is 13.2. The molecule has 2 aliphatic rings. The molecule has 0 N–H and O–H groups in total. The fraction of sp³-hybridized carbons (Fsp3) is 0.474. The van der Waals surface area contributed by atoms with Crippen molar-refractivity contribution in [1.82, 2.24) is 24.6 Å². The van der Waals surface area contributed by atoms with Gasteiger partial charge in [-0.25, -0.2) is 9.67 Å². The van der Waals surface area contributed by atoms with Crippen molar-refractivity contribution in [3.8, 4) is 0 Å². The van der Waals surface area contributed by atoms with Crippen molar-refractivity contribution in [3.63, 3.8) is 0 Å². The van der Waals surface area contributed by atoms with Gasteiger partial charge in [0.1, 0.15) is 18.8 Å². The molecule has 0 radical (unpaired) electrons. The van der Waals surface area contributed by atoms with E-state index in [2.05, 4.69) is 10.1 Å². The molecule has 0 saturated carbocycles. The minimum Gasteiger partial charge on any atom is -0.368 e. The zero-order chi connectivity index (χ0) is 18.6. The van der Waals surface area contributed by atoms with Crippen molar-refractivity contribution in [2.45, 2.75) is 25.5 Å². The van der Waals surface area contributed by atoms with Gasteiger partial charge >= 0.3 is 0 Å². The topological polar surface area (TPSA) is 80.6 Å². The Labute approximate surface area is 157 Å². The molecule has 0 aliphatic carbocycles. The van der Waals surface area contributed by atoms with Crippen LogP contribution in [0.5, 0.6) is 0 Å². The number of aromatic nitrogens is 3. The van der Waals surface area contributed by atoms with Crippen molar-refractivity contribution >= 4 is 11.8 Å². The molecule has 1 atom stereocenters. The number of hydrogen-bond donors (Lipinski definition) is 0. The third kappa shape index (κ3) is 4.00. The van der Waals surface area contributed by atoms with Crippen molar-refractivity contribution in [2.24, 2.45) is 0 Å². The molecule has 0 bridgehead atoms. The van der Waals surface area contributed by atoms with Gasteiger partial charge in [0.15, 0.2) is 0 Å². The molecule has 3 heterocycles. The fourth-order valence-electron chi connectivity index (χ4n) is 3.54. The third-order valence-corrected chi connectivity index (χ3v) is 5.10. The first-order valence-electron chi connectivity index (χ1n) is 9.32. The summed E-state index contributed by atoms with van der Waals surface area (Å²) in [4.78, 5) is 32.7. The number of amides is 2. The van der Waals surface area contributed by atoms with Gasteiger partial charge in [0, 0.05) is 38.3 Å². The number of benzene rings is 1. The van der Waals surface area contributed by atoms with E-state index in [1.165, 1.54) is 6.33 Å². The average molecular weight is 369 g/mol. The lowest BCUT2D eigenvalue weighted by Crippen LogP contribution is -2.52. The molecule has 4 rings (SSSR count). The van der Waals surface area contributed by atoms with E-state index >= 15 is 0 Å². The maximum atomic E-state index is 12.7. The van der Waals surface area contributed by atoms with E-state index < -0.39 is 0 Å². The van der Waals surface area contributed by atoms with Gasteiger partial charge in [-0.1, -0.05) is 12.1 Å². The molecule has 8 nitrogen and oxygen atoms in total. The molecular weight excluding hydrogens is 346 g/mol. The summed E-state index contributed by atoms with van der Waals surface area (Å²) in [6.45, 7) is 3.53. The number of rotatable bonds is 4. The van der Waals surface area contributed by atoms with Gasteiger partial charge in [-0.15, -0.1) is 0 Å². The van der Waals surface area contributed by atoms with Crippen LogP contribution in [-0.2, 0) is 16.1 Å². The summed E-state index contributed by atoms with van der Waals surface area (Å²) in [5.74, 6) is 0.0728. The Bertz CT molecular complexity index is 776. The molecule has 0 spiro atoms. The molecule has 2 aromatic rings. The van der Waals surface area contributed by atoms with E-state index in [1.54, 1.807) is 11.0 Å². The molecule has 1 unspecified atom stereocenters. The number of hydrogen-bond acceptors (Lipinski definition) is 5. The van der Waals surface area contributed by atoms with Gasteiger partial charge < -0.3 is 14.5 Å². The molecule has 1 aromatic heterocycles. The molecule has 27 heavy (non-hydrogen) atoms. The SMILES string of the molecule is O=C(c1ccc(Cn2cncn2)cc1)N1CCN(C(=O)C2CCCO2)CC1. The Morgan fingerprint density at radius 2 is 1.81 bits per heavy atom. The molecule has 2 aliphatic heterocycles. The maximum absolute atomic E-state index is 12.7. The van der Waals surface area contributed by atoms with Gasteiger partial charge in [0.05, 0.1) is 6.54 Å². The van der Waals surface area contributed by atoms with Crippen LogP contribution in [0.1, 0.15) is 28.8 Å². The van der Waals surface area contributed by atoms with Gasteiger partial charge in [0.2, 0.25) is 0 Å². The van der Waals surface area contributed by atoms with E-state index in [4.69, 9.17) is 4.74 Å². The summed E-state index contributed by atoms with van der Waals surface area (Å²) >= 11 is 0. The zero-order valence-corrected chi connectivity index (χ0v) is 15.2. The summed E-state index contributed by atoms with van der Waals surface area (Å²) in [6, 6.07) is 7.56. The molecule has 2 saturated heterocycles. The lowest BCUT2D eigenvalue weighted by atomic mass is 10.1. The molecule has 2 fully saturated rings. The summed E-state index contributed by atoms with van der Waals surface area (Å²) in [6.07, 6.45) is 4.63. The van der Waals surface area contributed by atoms with E-state index in [1.807, 2.05) is 34.1 Å². The predicted octanol–water partition coefficient (Wildman–Crippen LogP) is 0.790. The average Bonchev–Trinajstić information content (AvgIpc) is 3.42. The Hall–Kier alpha value is -2.74. The first-order valence-corrected chi connectivity index (χ1v) is 9.32. The van der Waals surface area contributed by atoms with Crippen LogP contribution in [0.3, 0.4) is 0 Å². The highest BCUT2D eigenvalue weighted by Gasteiger charge is 2.31. The molecule has 2 amide bonds. The monoisotopic (exact) mass is 369 g/mol. The number of ether oxygens (including phenoxy) is 1. The van der Waals surface area contributed by atoms with Crippen LogP contribution in [0.15, 0.2) is 36.9 Å². The lowest BCUT2D eigenvalue weighted by Gasteiger charge is -2.35. The molecule has 1 aromatic carbocycles. The number of carbonyl (C=O) groups is 2. The van der Waals surface area contributed by atoms with E-state index in [0.29, 0.717) is 44.9 Å². The van der Waals surface area contributed by atoms with Crippen LogP contribution >= 0.6 is 0 Å². The second kappa shape index (κ2) is 7.87. The summed E-state index contributed by atoms with van der Waals surface area (Å²) < 4.78 is 7.22. The number of nitrogens with zero attached hydrogens (tertiary/aromatic N) is 5. The van der Waals surface area contributed by atoms with Gasteiger partial charge in [-0.3, -0.25) is 9.59 Å². The second-order valence-corrected chi connectivity index (χ2v) is 6.91. The molecular formula is C19H23N5O3. The van der Waals surface area contributed by atoms with Crippen LogP contribution in [-0.4, -0.2) is 75.3 Å². The highest BCUT2D eigenvalue weighted by atomic mass is 16.5. The van der Waals surface area contributed by atoms with Gasteiger partial charge in [0.25, 0.3) is 11.8 Å².